The molecule has 0 N–H and O–H groups in total. The molecule has 0 fully saturated rings. The zero-order valence-electron chi connectivity index (χ0n) is 15.5. The number of methoxy groups -OCH3 is 1. The van der Waals surface area contributed by atoms with Gasteiger partial charge >= 0.3 is 12.1 Å². The average molecular weight is 410 g/mol. The molecule has 2 aromatic rings. The lowest BCUT2D eigenvalue weighted by atomic mass is 9.98. The second kappa shape index (κ2) is 7.24. The summed E-state index contributed by atoms with van der Waals surface area (Å²) in [5.41, 5.74) is 0.211. The van der Waals surface area contributed by atoms with Crippen LogP contribution in [0.4, 0.5) is 17.6 Å². The number of hydrogen-bond donors (Lipinski definition) is 0. The van der Waals surface area contributed by atoms with Crippen LogP contribution in [0.2, 0.25) is 0 Å². The van der Waals surface area contributed by atoms with Crippen molar-refractivity contribution in [3.05, 3.63) is 58.4 Å². The van der Waals surface area contributed by atoms with Crippen molar-refractivity contribution in [2.75, 3.05) is 13.7 Å². The Balaban J connectivity index is 1.56. The number of ether oxygens (including phenoxy) is 3. The van der Waals surface area contributed by atoms with Crippen LogP contribution in [-0.2, 0) is 22.1 Å². The molecule has 2 aliphatic rings. The van der Waals surface area contributed by atoms with Crippen LogP contribution in [0.3, 0.4) is 0 Å². The third kappa shape index (κ3) is 3.75. The monoisotopic (exact) mass is 410 g/mol. The van der Waals surface area contributed by atoms with Gasteiger partial charge in [0.15, 0.2) is 0 Å². The molecule has 154 valence electrons. The van der Waals surface area contributed by atoms with Crippen LogP contribution >= 0.6 is 0 Å². The van der Waals surface area contributed by atoms with Crippen molar-refractivity contribution in [3.63, 3.8) is 0 Å². The Labute approximate surface area is 164 Å². The predicted molar refractivity (Wildman–Crippen MR) is 94.4 cm³/mol. The van der Waals surface area contributed by atoms with E-state index in [0.29, 0.717) is 30.6 Å². The molecule has 2 atom stereocenters. The number of halogens is 4. The molecule has 4 rings (SSSR count). The number of benzene rings is 2. The van der Waals surface area contributed by atoms with Gasteiger partial charge in [0.1, 0.15) is 23.4 Å². The second-order valence-corrected chi connectivity index (χ2v) is 7.15. The first-order valence-electron chi connectivity index (χ1n) is 9.16. The maximum atomic E-state index is 13.8. The third-order valence-corrected chi connectivity index (χ3v) is 5.34. The summed E-state index contributed by atoms with van der Waals surface area (Å²) in [7, 11) is 1.32. The Morgan fingerprint density at radius 2 is 2.00 bits per heavy atom. The predicted octanol–water partition coefficient (Wildman–Crippen LogP) is 4.95. The second-order valence-electron chi connectivity index (χ2n) is 7.15. The molecule has 1 heterocycles. The Kier molecular flexibility index (Phi) is 4.88. The van der Waals surface area contributed by atoms with Gasteiger partial charge in [-0.2, -0.15) is 13.2 Å². The van der Waals surface area contributed by atoms with Crippen molar-refractivity contribution >= 4 is 5.97 Å². The molecule has 0 radical (unpaired) electrons. The van der Waals surface area contributed by atoms with E-state index in [4.69, 9.17) is 9.47 Å². The van der Waals surface area contributed by atoms with Gasteiger partial charge in [-0.15, -0.1) is 0 Å². The number of fused-ring (bicyclic) bond motifs is 2. The fraction of sp³-hybridized carbons (Fsp3) is 0.381. The summed E-state index contributed by atoms with van der Waals surface area (Å²) in [5.74, 6) is -0.420. The standard InChI is InChI=1S/C21H18F4O4/c1-27-20(26)6-11-10-28-19-9-13(2-3-14(11)19)29-18-5-4-15-16(18)7-12(22)8-17(15)21(23,24)25/h2-3,7-9,11,18H,4-6,10H2,1H3. The Morgan fingerprint density at radius 3 is 2.72 bits per heavy atom. The topological polar surface area (TPSA) is 44.8 Å². The summed E-state index contributed by atoms with van der Waals surface area (Å²) in [4.78, 5) is 11.5. The lowest BCUT2D eigenvalue weighted by molar-refractivity contribution is -0.141. The molecule has 0 spiro atoms. The zero-order valence-corrected chi connectivity index (χ0v) is 15.5. The van der Waals surface area contributed by atoms with E-state index in [1.807, 2.05) is 0 Å². The van der Waals surface area contributed by atoms with Gasteiger partial charge in [-0.05, 0) is 42.2 Å². The van der Waals surface area contributed by atoms with E-state index in [1.165, 1.54) is 7.11 Å². The molecule has 0 saturated carbocycles. The summed E-state index contributed by atoms with van der Waals surface area (Å²) in [5, 5.41) is 0. The van der Waals surface area contributed by atoms with E-state index in [1.54, 1.807) is 18.2 Å². The molecule has 8 heteroatoms. The van der Waals surface area contributed by atoms with Crippen LogP contribution in [0.15, 0.2) is 30.3 Å². The smallest absolute Gasteiger partial charge is 0.416 e. The normalized spacial score (nSPS) is 20.0. The zero-order chi connectivity index (χ0) is 20.8. The molecule has 2 aromatic carbocycles. The summed E-state index contributed by atoms with van der Waals surface area (Å²) in [6.45, 7) is 0.334. The molecule has 2 unspecified atom stereocenters. The molecule has 29 heavy (non-hydrogen) atoms. The molecule has 1 aliphatic heterocycles. The van der Waals surface area contributed by atoms with Gasteiger partial charge in [-0.3, -0.25) is 4.79 Å². The number of esters is 1. The highest BCUT2D eigenvalue weighted by Crippen LogP contribution is 2.44. The molecule has 1 aliphatic carbocycles. The van der Waals surface area contributed by atoms with Gasteiger partial charge in [-0.1, -0.05) is 6.07 Å². The van der Waals surface area contributed by atoms with Gasteiger partial charge < -0.3 is 14.2 Å². The Hall–Kier alpha value is -2.77. The first kappa shape index (κ1) is 19.5. The number of hydrogen-bond acceptors (Lipinski definition) is 4. The van der Waals surface area contributed by atoms with E-state index in [9.17, 15) is 22.4 Å². The van der Waals surface area contributed by atoms with Gasteiger partial charge in [0.05, 0.1) is 25.7 Å². The van der Waals surface area contributed by atoms with Crippen LogP contribution in [0, 0.1) is 5.82 Å². The van der Waals surface area contributed by atoms with Crippen molar-refractivity contribution in [1.29, 1.82) is 0 Å². The minimum atomic E-state index is -4.61. The van der Waals surface area contributed by atoms with Crippen molar-refractivity contribution in [1.82, 2.24) is 0 Å². The van der Waals surface area contributed by atoms with Crippen LogP contribution in [0.1, 0.15) is 47.1 Å². The Bertz CT molecular complexity index is 954. The number of rotatable bonds is 4. The highest BCUT2D eigenvalue weighted by Gasteiger charge is 2.39. The SMILES string of the molecule is COC(=O)CC1COc2cc(OC3CCc4c3cc(F)cc4C(F)(F)F)ccc21. The highest BCUT2D eigenvalue weighted by atomic mass is 19.4. The number of carbonyl (C=O) groups excluding carboxylic acids is 1. The maximum absolute atomic E-state index is 13.8. The van der Waals surface area contributed by atoms with E-state index >= 15 is 0 Å². The van der Waals surface area contributed by atoms with Crippen LogP contribution in [0.5, 0.6) is 11.5 Å². The largest absolute Gasteiger partial charge is 0.492 e. The van der Waals surface area contributed by atoms with Crippen molar-refractivity contribution in [2.45, 2.75) is 37.5 Å². The van der Waals surface area contributed by atoms with Gasteiger partial charge in [-0.25, -0.2) is 4.39 Å². The van der Waals surface area contributed by atoms with Crippen LogP contribution < -0.4 is 9.47 Å². The average Bonchev–Trinajstić information content (AvgIpc) is 3.24. The Morgan fingerprint density at radius 1 is 1.21 bits per heavy atom. The molecule has 0 saturated heterocycles. The molecule has 0 aromatic heterocycles. The van der Waals surface area contributed by atoms with E-state index in [2.05, 4.69) is 4.74 Å². The summed E-state index contributed by atoms with van der Waals surface area (Å²) in [6, 6.07) is 6.74. The van der Waals surface area contributed by atoms with E-state index < -0.39 is 23.7 Å². The minimum Gasteiger partial charge on any atom is -0.492 e. The van der Waals surface area contributed by atoms with Gasteiger partial charge in [0.2, 0.25) is 0 Å². The molecule has 4 nitrogen and oxygen atoms in total. The van der Waals surface area contributed by atoms with E-state index in [-0.39, 0.29) is 35.9 Å². The van der Waals surface area contributed by atoms with Crippen molar-refractivity contribution in [2.24, 2.45) is 0 Å². The van der Waals surface area contributed by atoms with Crippen LogP contribution in [-0.4, -0.2) is 19.7 Å². The van der Waals surface area contributed by atoms with E-state index in [0.717, 1.165) is 11.6 Å². The minimum absolute atomic E-state index is 0.0828. The first-order valence-corrected chi connectivity index (χ1v) is 9.16. The van der Waals surface area contributed by atoms with Crippen LogP contribution in [0.25, 0.3) is 0 Å². The lowest BCUT2D eigenvalue weighted by Gasteiger charge is -2.17. The summed E-state index contributed by atoms with van der Waals surface area (Å²) < 4.78 is 69.7. The quantitative estimate of drug-likeness (QED) is 0.529. The molecule has 0 bridgehead atoms. The fourth-order valence-corrected chi connectivity index (χ4v) is 3.98. The summed E-state index contributed by atoms with van der Waals surface area (Å²) >= 11 is 0. The van der Waals surface area contributed by atoms with Gasteiger partial charge in [0, 0.05) is 17.5 Å². The molecular formula is C21H18F4O4. The third-order valence-electron chi connectivity index (χ3n) is 5.34. The number of alkyl halides is 3. The fourth-order valence-electron chi connectivity index (χ4n) is 3.98. The lowest BCUT2D eigenvalue weighted by Crippen LogP contribution is -2.11. The maximum Gasteiger partial charge on any atom is 0.416 e. The number of carbonyl (C=O) groups is 1. The summed E-state index contributed by atoms with van der Waals surface area (Å²) in [6.07, 6.45) is -4.61. The van der Waals surface area contributed by atoms with Crippen molar-refractivity contribution in [3.8, 4) is 11.5 Å². The first-order chi connectivity index (χ1) is 13.8. The highest BCUT2D eigenvalue weighted by molar-refractivity contribution is 5.71. The molecular weight excluding hydrogens is 392 g/mol. The molecule has 0 amide bonds. The van der Waals surface area contributed by atoms with Crippen molar-refractivity contribution < 1.29 is 36.6 Å². The van der Waals surface area contributed by atoms with Gasteiger partial charge in [0.25, 0.3) is 0 Å².